The lowest BCUT2D eigenvalue weighted by Gasteiger charge is -2.16. The van der Waals surface area contributed by atoms with Gasteiger partial charge in [-0.05, 0) is 69.2 Å². The highest BCUT2D eigenvalue weighted by Crippen LogP contribution is 2.21. The van der Waals surface area contributed by atoms with Gasteiger partial charge in [-0.25, -0.2) is 0 Å². The van der Waals surface area contributed by atoms with Crippen molar-refractivity contribution in [2.24, 2.45) is 21.7 Å². The highest BCUT2D eigenvalue weighted by Gasteiger charge is 2.19. The van der Waals surface area contributed by atoms with Crippen LogP contribution in [0.5, 0.6) is 0 Å². The average Bonchev–Trinajstić information content (AvgIpc) is 2.53. The Morgan fingerprint density at radius 2 is 0.667 bits per heavy atom. The lowest BCUT2D eigenvalue weighted by atomic mass is 9.86. The van der Waals surface area contributed by atoms with E-state index < -0.39 is 29.2 Å². The Hall–Kier alpha value is -1.69. The van der Waals surface area contributed by atoms with Gasteiger partial charge in [-0.3, -0.25) is 0 Å². The Morgan fingerprint density at radius 1 is 0.433 bits per heavy atom. The lowest BCUT2D eigenvalue weighted by molar-refractivity contribution is 0.636. The summed E-state index contributed by atoms with van der Waals surface area (Å²) >= 11 is 6.17. The molecule has 0 saturated carbocycles. The maximum absolute atomic E-state index is 6.17. The Morgan fingerprint density at radius 3 is 0.900 bits per heavy atom. The van der Waals surface area contributed by atoms with E-state index in [-0.39, 0.29) is 5.41 Å². The molecular weight excluding hydrogens is 400 g/mol. The van der Waals surface area contributed by atoms with Gasteiger partial charge in [0.25, 0.3) is 0 Å². The molecule has 2 heteroatoms. The highest BCUT2D eigenvalue weighted by molar-refractivity contribution is 6.83. The third-order valence-corrected chi connectivity index (χ3v) is 4.45. The van der Waals surface area contributed by atoms with Crippen LogP contribution in [0.3, 0.4) is 0 Å². The number of hydrogen-bond donors (Lipinski definition) is 0. The van der Waals surface area contributed by atoms with Crippen molar-refractivity contribution >= 4 is 19.7 Å². The van der Waals surface area contributed by atoms with Gasteiger partial charge in [0.15, 0.2) is 0 Å². The van der Waals surface area contributed by atoms with Crippen LogP contribution < -0.4 is 0 Å². The van der Waals surface area contributed by atoms with Crippen molar-refractivity contribution in [3.05, 3.63) is 0 Å². The van der Waals surface area contributed by atoms with E-state index in [1.165, 1.54) is 0 Å². The van der Waals surface area contributed by atoms with Gasteiger partial charge in [0.1, 0.15) is 8.07 Å². The third-order valence-electron chi connectivity index (χ3n) is 3.48. The molecule has 0 unspecified atom stereocenters. The predicted octanol–water partition coefficient (Wildman–Crippen LogP) is 7.00. The minimum Gasteiger partial charge on any atom is -0.130 e. The second-order valence-corrected chi connectivity index (χ2v) is 17.2. The molecule has 0 N–H and O–H groups in total. The molecule has 0 radical (unpaired) electrons. The van der Waals surface area contributed by atoms with Gasteiger partial charge in [0.05, 0.1) is 26.5 Å². The second kappa shape index (κ2) is 9.63. The highest BCUT2D eigenvalue weighted by atomic mass is 35.5. The molecule has 0 bridgehead atoms. The van der Waals surface area contributed by atoms with Crippen molar-refractivity contribution in [1.82, 2.24) is 0 Å². The van der Waals surface area contributed by atoms with Gasteiger partial charge in [0, 0.05) is 0 Å². The van der Waals surface area contributed by atoms with Crippen molar-refractivity contribution in [2.75, 3.05) is 0 Å². The molecule has 0 atom stereocenters. The second-order valence-electron chi connectivity index (χ2n) is 11.5. The average molecular weight is 439 g/mol. The topological polar surface area (TPSA) is 0 Å². The van der Waals surface area contributed by atoms with Crippen LogP contribution in [0, 0.1) is 80.5 Å². The Kier molecular flexibility index (Phi) is 9.08. The van der Waals surface area contributed by atoms with E-state index in [0.717, 1.165) is 0 Å². The van der Waals surface area contributed by atoms with Gasteiger partial charge in [-0.1, -0.05) is 72.9 Å². The van der Waals surface area contributed by atoms with Crippen molar-refractivity contribution in [2.45, 2.75) is 93.8 Å². The van der Waals surface area contributed by atoms with Crippen LogP contribution >= 0.6 is 11.6 Å². The minimum absolute atomic E-state index is 0.340. The van der Waals surface area contributed by atoms with Gasteiger partial charge >= 0.3 is 0 Å². The molecule has 162 valence electrons. The molecule has 30 heavy (non-hydrogen) atoms. The van der Waals surface area contributed by atoms with Crippen LogP contribution in [0.2, 0.25) is 19.6 Å². The number of hydrogen-bond acceptors (Lipinski definition) is 0. The summed E-state index contributed by atoms with van der Waals surface area (Å²) in [6.07, 6.45) is 0. The molecule has 0 rings (SSSR count). The zero-order valence-electron chi connectivity index (χ0n) is 21.4. The molecular formula is C28H39ClSi. The van der Waals surface area contributed by atoms with Gasteiger partial charge in [0.2, 0.25) is 0 Å². The maximum atomic E-state index is 6.17. The molecule has 0 fully saturated rings. The van der Waals surface area contributed by atoms with Crippen molar-refractivity contribution in [3.63, 3.8) is 0 Å². The molecule has 0 aliphatic heterocycles. The third kappa shape index (κ3) is 15.2. The van der Waals surface area contributed by atoms with Crippen molar-refractivity contribution < 1.29 is 0 Å². The first-order chi connectivity index (χ1) is 13.0. The fourth-order valence-electron chi connectivity index (χ4n) is 1.71. The molecule has 0 heterocycles. The molecule has 0 nitrogen and oxygen atoms in total. The van der Waals surface area contributed by atoms with E-state index in [1.807, 2.05) is 55.4 Å². The first-order valence-electron chi connectivity index (χ1n) is 10.4. The smallest absolute Gasteiger partial charge is 0.129 e. The van der Waals surface area contributed by atoms with Crippen LogP contribution in [-0.4, -0.2) is 12.9 Å². The first-order valence-corrected chi connectivity index (χ1v) is 14.3. The zero-order valence-corrected chi connectivity index (χ0v) is 23.1. The lowest BCUT2D eigenvalue weighted by Crippen LogP contribution is -2.18. The summed E-state index contributed by atoms with van der Waals surface area (Å²) < 4.78 is 0. The number of alkyl halides is 1. The van der Waals surface area contributed by atoms with Gasteiger partial charge in [-0.2, -0.15) is 0 Å². The molecule has 0 aromatic rings. The summed E-state index contributed by atoms with van der Waals surface area (Å²) in [7, 11) is -1.41. The van der Waals surface area contributed by atoms with Crippen LogP contribution in [-0.2, 0) is 0 Å². The van der Waals surface area contributed by atoms with E-state index >= 15 is 0 Å². The Labute approximate surface area is 193 Å². The van der Waals surface area contributed by atoms with Crippen molar-refractivity contribution in [1.29, 1.82) is 0 Å². The summed E-state index contributed by atoms with van der Waals surface area (Å²) in [4.78, 5) is -0.551. The summed E-state index contributed by atoms with van der Waals surface area (Å²) in [5.41, 5.74) is 1.74. The SMILES string of the molecule is CC(C)(Cl)C#CC(C)(C)C#CC(C)(C)C#CC(C)(C)C#CC(C)(C)C#C[Si](C)(C)C. The maximum Gasteiger partial charge on any atom is 0.129 e. The fourth-order valence-corrected chi connectivity index (χ4v) is 2.45. The van der Waals surface area contributed by atoms with Crippen LogP contribution in [0.15, 0.2) is 0 Å². The Balaban J connectivity index is 5.63. The van der Waals surface area contributed by atoms with Crippen LogP contribution in [0.1, 0.15) is 69.2 Å². The largest absolute Gasteiger partial charge is 0.130 e. The summed E-state index contributed by atoms with van der Waals surface area (Å²) in [6, 6.07) is 0. The number of halogens is 1. The minimum atomic E-state index is -1.41. The van der Waals surface area contributed by atoms with Crippen LogP contribution in [0.4, 0.5) is 0 Å². The standard InChI is InChI=1S/C28H39ClSi/c1-24(2,16-17-26(5,6)20-21-28(9,10)29)14-15-25(3,4)18-19-27(7,8)22-23-30(11,12)13/h1-13H3. The van der Waals surface area contributed by atoms with E-state index in [4.69, 9.17) is 11.6 Å². The summed E-state index contributed by atoms with van der Waals surface area (Å²) in [5, 5.41) is 0. The zero-order chi connectivity index (χ0) is 24.1. The first kappa shape index (κ1) is 28.3. The number of rotatable bonds is 0. The van der Waals surface area contributed by atoms with E-state index in [0.29, 0.717) is 0 Å². The van der Waals surface area contributed by atoms with Gasteiger partial charge in [-0.15, -0.1) is 17.1 Å². The predicted molar refractivity (Wildman–Crippen MR) is 137 cm³/mol. The van der Waals surface area contributed by atoms with Gasteiger partial charge < -0.3 is 0 Å². The molecule has 0 aromatic heterocycles. The molecule has 0 amide bonds. The summed E-state index contributed by atoms with van der Waals surface area (Å²) in [5.74, 6) is 29.4. The molecule has 0 spiro atoms. The molecule has 0 aliphatic carbocycles. The molecule has 0 saturated heterocycles. The van der Waals surface area contributed by atoms with Crippen LogP contribution in [0.25, 0.3) is 0 Å². The van der Waals surface area contributed by atoms with E-state index in [2.05, 4.69) is 92.3 Å². The Bertz CT molecular complexity index is 855. The summed E-state index contributed by atoms with van der Waals surface area (Å²) in [6.45, 7) is 26.7. The monoisotopic (exact) mass is 438 g/mol. The normalized spacial score (nSPS) is 12.3. The van der Waals surface area contributed by atoms with E-state index in [1.54, 1.807) is 0 Å². The van der Waals surface area contributed by atoms with E-state index in [9.17, 15) is 0 Å². The fraction of sp³-hybridized carbons (Fsp3) is 0.643. The molecule has 0 aliphatic rings. The van der Waals surface area contributed by atoms with Crippen molar-refractivity contribution in [3.8, 4) is 58.8 Å². The quantitative estimate of drug-likeness (QED) is 0.217. The molecule has 0 aromatic carbocycles.